The summed E-state index contributed by atoms with van der Waals surface area (Å²) in [6, 6.07) is 16.6. The van der Waals surface area contributed by atoms with Crippen LogP contribution >= 0.6 is 0 Å². The van der Waals surface area contributed by atoms with E-state index in [2.05, 4.69) is 36.2 Å². The van der Waals surface area contributed by atoms with Crippen molar-refractivity contribution in [3.05, 3.63) is 65.2 Å². The molecule has 0 aromatic heterocycles. The molecular weight excluding hydrogens is 362 g/mol. The third kappa shape index (κ3) is 5.37. The lowest BCUT2D eigenvalue weighted by Crippen LogP contribution is -2.35. The molecule has 0 radical (unpaired) electrons. The Balaban J connectivity index is 1.67. The van der Waals surface area contributed by atoms with Gasteiger partial charge in [-0.05, 0) is 56.5 Å². The normalized spacial score (nSPS) is 18.4. The number of rotatable bonds is 6. The van der Waals surface area contributed by atoms with Gasteiger partial charge in [-0.3, -0.25) is 9.69 Å². The number of ether oxygens (including phenoxy) is 1. The molecule has 1 unspecified atom stereocenters. The first-order valence-electron chi connectivity index (χ1n) is 10.5. The van der Waals surface area contributed by atoms with E-state index in [1.54, 1.807) is 7.11 Å². The summed E-state index contributed by atoms with van der Waals surface area (Å²) in [6.07, 6.45) is 3.08. The molecular formula is C24H33N3O2. The van der Waals surface area contributed by atoms with Crippen molar-refractivity contribution in [2.45, 2.75) is 44.8 Å². The SMILES string of the molecule is COc1ccc([C@H](C)N)cc1C(=O)N1CCCC(N(C)Cc2ccccc2)CC1. The number of methoxy groups -OCH3 is 1. The highest BCUT2D eigenvalue weighted by Gasteiger charge is 2.26. The van der Waals surface area contributed by atoms with Crippen molar-refractivity contribution in [3.63, 3.8) is 0 Å². The van der Waals surface area contributed by atoms with E-state index in [1.807, 2.05) is 36.1 Å². The van der Waals surface area contributed by atoms with E-state index in [-0.39, 0.29) is 11.9 Å². The maximum absolute atomic E-state index is 13.3. The van der Waals surface area contributed by atoms with Crippen LogP contribution < -0.4 is 10.5 Å². The van der Waals surface area contributed by atoms with Gasteiger partial charge in [-0.1, -0.05) is 36.4 Å². The standard InChI is InChI=1S/C24H33N3O2/c1-18(25)20-11-12-23(29-3)22(16-20)24(28)27-14-7-10-21(13-15-27)26(2)17-19-8-5-4-6-9-19/h4-6,8-9,11-12,16,18,21H,7,10,13-15,17,25H2,1-3H3/t18-,21?/m0/s1. The summed E-state index contributed by atoms with van der Waals surface area (Å²) in [5.41, 5.74) is 8.90. The minimum Gasteiger partial charge on any atom is -0.496 e. The van der Waals surface area contributed by atoms with Gasteiger partial charge in [0.15, 0.2) is 0 Å². The minimum absolute atomic E-state index is 0.0377. The quantitative estimate of drug-likeness (QED) is 0.807. The molecule has 2 aromatic carbocycles. The molecule has 3 rings (SSSR count). The van der Waals surface area contributed by atoms with Gasteiger partial charge in [-0.2, -0.15) is 0 Å². The smallest absolute Gasteiger partial charge is 0.257 e. The third-order valence-electron chi connectivity index (χ3n) is 5.86. The van der Waals surface area contributed by atoms with Crippen molar-refractivity contribution in [1.82, 2.24) is 9.80 Å². The Morgan fingerprint density at radius 1 is 1.21 bits per heavy atom. The van der Waals surface area contributed by atoms with Crippen LogP contribution in [0.25, 0.3) is 0 Å². The minimum atomic E-state index is -0.118. The van der Waals surface area contributed by atoms with E-state index in [1.165, 1.54) is 5.56 Å². The largest absolute Gasteiger partial charge is 0.496 e. The Morgan fingerprint density at radius 3 is 2.66 bits per heavy atom. The van der Waals surface area contributed by atoms with E-state index < -0.39 is 0 Å². The number of hydrogen-bond donors (Lipinski definition) is 1. The van der Waals surface area contributed by atoms with Crippen molar-refractivity contribution in [1.29, 1.82) is 0 Å². The van der Waals surface area contributed by atoms with Gasteiger partial charge in [0.25, 0.3) is 5.91 Å². The van der Waals surface area contributed by atoms with Crippen LogP contribution in [0.2, 0.25) is 0 Å². The summed E-state index contributed by atoms with van der Waals surface area (Å²) in [6.45, 7) is 4.40. The lowest BCUT2D eigenvalue weighted by molar-refractivity contribution is 0.0754. The Bertz CT molecular complexity index is 807. The van der Waals surface area contributed by atoms with Crippen LogP contribution in [0.15, 0.2) is 48.5 Å². The molecule has 1 amide bonds. The zero-order chi connectivity index (χ0) is 20.8. The Morgan fingerprint density at radius 2 is 1.97 bits per heavy atom. The fourth-order valence-electron chi connectivity index (χ4n) is 4.07. The van der Waals surface area contributed by atoms with Gasteiger partial charge in [0.1, 0.15) is 5.75 Å². The van der Waals surface area contributed by atoms with Crippen LogP contribution in [0.4, 0.5) is 0 Å². The topological polar surface area (TPSA) is 58.8 Å². The van der Waals surface area contributed by atoms with Crippen LogP contribution in [0.3, 0.4) is 0 Å². The predicted octanol–water partition coefficient (Wildman–Crippen LogP) is 3.84. The second-order valence-electron chi connectivity index (χ2n) is 8.03. The highest BCUT2D eigenvalue weighted by Crippen LogP contribution is 2.26. The zero-order valence-electron chi connectivity index (χ0n) is 17.8. The van der Waals surface area contributed by atoms with Crippen LogP contribution in [0.5, 0.6) is 5.75 Å². The second-order valence-corrected chi connectivity index (χ2v) is 8.03. The van der Waals surface area contributed by atoms with Gasteiger partial charge in [0, 0.05) is 31.7 Å². The van der Waals surface area contributed by atoms with Gasteiger partial charge >= 0.3 is 0 Å². The number of carbonyl (C=O) groups is 1. The van der Waals surface area contributed by atoms with Gasteiger partial charge < -0.3 is 15.4 Å². The summed E-state index contributed by atoms with van der Waals surface area (Å²) >= 11 is 0. The third-order valence-corrected chi connectivity index (χ3v) is 5.86. The molecule has 29 heavy (non-hydrogen) atoms. The van der Waals surface area contributed by atoms with Crippen LogP contribution in [-0.4, -0.2) is 49.0 Å². The molecule has 156 valence electrons. The van der Waals surface area contributed by atoms with Gasteiger partial charge in [-0.15, -0.1) is 0 Å². The van der Waals surface area contributed by atoms with Crippen molar-refractivity contribution in [2.75, 3.05) is 27.2 Å². The van der Waals surface area contributed by atoms with Crippen molar-refractivity contribution >= 4 is 5.91 Å². The number of hydrogen-bond acceptors (Lipinski definition) is 4. The Kier molecular flexibility index (Phi) is 7.29. The molecule has 0 spiro atoms. The molecule has 5 heteroatoms. The van der Waals surface area contributed by atoms with Crippen molar-refractivity contribution < 1.29 is 9.53 Å². The lowest BCUT2D eigenvalue weighted by atomic mass is 10.0. The molecule has 1 saturated heterocycles. The summed E-state index contributed by atoms with van der Waals surface area (Å²) in [5.74, 6) is 0.650. The van der Waals surface area contributed by atoms with Gasteiger partial charge in [-0.25, -0.2) is 0 Å². The maximum Gasteiger partial charge on any atom is 0.257 e. The number of nitrogens with zero attached hydrogens (tertiary/aromatic N) is 2. The Hall–Kier alpha value is -2.37. The van der Waals surface area contributed by atoms with Gasteiger partial charge in [0.05, 0.1) is 12.7 Å². The molecule has 2 atom stereocenters. The van der Waals surface area contributed by atoms with Gasteiger partial charge in [0.2, 0.25) is 0 Å². The highest BCUT2D eigenvalue weighted by molar-refractivity contribution is 5.97. The number of likely N-dealkylation sites (tertiary alicyclic amines) is 1. The maximum atomic E-state index is 13.3. The molecule has 1 aliphatic heterocycles. The zero-order valence-corrected chi connectivity index (χ0v) is 17.8. The number of amides is 1. The first kappa shape index (κ1) is 21.3. The van der Waals surface area contributed by atoms with Crippen LogP contribution in [0, 0.1) is 0 Å². The Labute approximate surface area is 174 Å². The summed E-state index contributed by atoms with van der Waals surface area (Å²) < 4.78 is 5.45. The van der Waals surface area contributed by atoms with E-state index in [0.29, 0.717) is 17.4 Å². The predicted molar refractivity (Wildman–Crippen MR) is 117 cm³/mol. The number of carbonyl (C=O) groups excluding carboxylic acids is 1. The molecule has 1 aliphatic rings. The van der Waals surface area contributed by atoms with Crippen molar-refractivity contribution in [3.8, 4) is 5.75 Å². The molecule has 0 aliphatic carbocycles. The van der Waals surface area contributed by atoms with Crippen LogP contribution in [0.1, 0.15) is 53.7 Å². The summed E-state index contributed by atoms with van der Waals surface area (Å²) in [5, 5.41) is 0. The monoisotopic (exact) mass is 395 g/mol. The molecule has 0 saturated carbocycles. The average Bonchev–Trinajstić information content (AvgIpc) is 3.00. The fraction of sp³-hybridized carbons (Fsp3) is 0.458. The average molecular weight is 396 g/mol. The highest BCUT2D eigenvalue weighted by atomic mass is 16.5. The van der Waals surface area contributed by atoms with E-state index >= 15 is 0 Å². The van der Waals surface area contributed by atoms with Crippen molar-refractivity contribution in [2.24, 2.45) is 5.73 Å². The number of nitrogens with two attached hydrogens (primary N) is 1. The van der Waals surface area contributed by atoms with E-state index in [0.717, 1.165) is 44.5 Å². The first-order chi connectivity index (χ1) is 14.0. The lowest BCUT2D eigenvalue weighted by Gasteiger charge is -2.27. The first-order valence-corrected chi connectivity index (χ1v) is 10.5. The summed E-state index contributed by atoms with van der Waals surface area (Å²) in [7, 11) is 3.79. The second kappa shape index (κ2) is 9.90. The fourth-order valence-corrected chi connectivity index (χ4v) is 4.07. The number of benzene rings is 2. The molecule has 5 nitrogen and oxygen atoms in total. The molecule has 2 aromatic rings. The van der Waals surface area contributed by atoms with E-state index in [9.17, 15) is 4.79 Å². The molecule has 0 bridgehead atoms. The molecule has 1 fully saturated rings. The van der Waals surface area contributed by atoms with E-state index in [4.69, 9.17) is 10.5 Å². The molecule has 2 N–H and O–H groups in total. The summed E-state index contributed by atoms with van der Waals surface area (Å²) in [4.78, 5) is 17.7. The van der Waals surface area contributed by atoms with Crippen LogP contribution in [-0.2, 0) is 6.54 Å². The molecule has 1 heterocycles.